The highest BCUT2D eigenvalue weighted by Gasteiger charge is 2.11. The average molecular weight is 249 g/mol. The summed E-state index contributed by atoms with van der Waals surface area (Å²) in [5, 5.41) is 0. The Balaban J connectivity index is 2.16. The van der Waals surface area contributed by atoms with E-state index in [1.54, 1.807) is 18.2 Å². The van der Waals surface area contributed by atoms with E-state index in [1.165, 1.54) is 19.5 Å². The maximum atomic E-state index is 13.4. The van der Waals surface area contributed by atoms with Crippen molar-refractivity contribution in [2.45, 2.75) is 6.61 Å². The van der Waals surface area contributed by atoms with Crippen LogP contribution in [0.25, 0.3) is 0 Å². The summed E-state index contributed by atoms with van der Waals surface area (Å²) in [6.45, 7) is 0.0412. The minimum Gasteiger partial charge on any atom is -0.489 e. The lowest BCUT2D eigenvalue weighted by Crippen LogP contribution is -2.04. The molecule has 0 aliphatic heterocycles. The van der Waals surface area contributed by atoms with E-state index < -0.39 is 0 Å². The molecule has 6 heteroatoms. The van der Waals surface area contributed by atoms with Crippen molar-refractivity contribution in [3.05, 3.63) is 42.0 Å². The number of rotatable bonds is 4. The lowest BCUT2D eigenvalue weighted by Gasteiger charge is -2.10. The first-order chi connectivity index (χ1) is 8.72. The van der Waals surface area contributed by atoms with E-state index in [9.17, 15) is 4.39 Å². The molecule has 0 aliphatic rings. The predicted octanol–water partition coefficient (Wildman–Crippen LogP) is 1.79. The van der Waals surface area contributed by atoms with Gasteiger partial charge in [0.1, 0.15) is 18.8 Å². The van der Waals surface area contributed by atoms with Crippen molar-refractivity contribution >= 4 is 5.82 Å². The normalized spacial score (nSPS) is 10.1. The zero-order valence-electron chi connectivity index (χ0n) is 9.76. The average Bonchev–Trinajstić information content (AvgIpc) is 2.38. The fourth-order valence-electron chi connectivity index (χ4n) is 1.43. The second-order valence-electron chi connectivity index (χ2n) is 3.48. The third kappa shape index (κ3) is 2.48. The number of halogens is 1. The molecule has 5 nitrogen and oxygen atoms in total. The van der Waals surface area contributed by atoms with Crippen LogP contribution in [0.1, 0.15) is 5.56 Å². The molecule has 0 amide bonds. The van der Waals surface area contributed by atoms with Gasteiger partial charge in [-0.25, -0.2) is 9.37 Å². The monoisotopic (exact) mass is 249 g/mol. The molecule has 0 radical (unpaired) electrons. The molecule has 1 aromatic heterocycles. The van der Waals surface area contributed by atoms with Gasteiger partial charge in [-0.3, -0.25) is 0 Å². The summed E-state index contributed by atoms with van der Waals surface area (Å²) in [7, 11) is 1.44. The highest BCUT2D eigenvalue weighted by Crippen LogP contribution is 2.29. The molecule has 0 atom stereocenters. The number of nitrogens with two attached hydrogens (primary N) is 1. The van der Waals surface area contributed by atoms with Gasteiger partial charge in [-0.05, 0) is 6.07 Å². The molecule has 1 heterocycles. The second-order valence-corrected chi connectivity index (χ2v) is 3.48. The molecule has 0 aliphatic carbocycles. The maximum absolute atomic E-state index is 13.4. The fourth-order valence-corrected chi connectivity index (χ4v) is 1.43. The zero-order chi connectivity index (χ0) is 13.0. The molecular weight excluding hydrogens is 237 g/mol. The van der Waals surface area contributed by atoms with Crippen molar-refractivity contribution in [2.75, 3.05) is 12.8 Å². The first-order valence-electron chi connectivity index (χ1n) is 5.23. The number of benzene rings is 1. The zero-order valence-corrected chi connectivity index (χ0v) is 9.76. The number of nitrogen functional groups attached to an aromatic ring is 1. The van der Waals surface area contributed by atoms with E-state index in [0.29, 0.717) is 5.56 Å². The summed E-state index contributed by atoms with van der Waals surface area (Å²) >= 11 is 0. The van der Waals surface area contributed by atoms with Gasteiger partial charge in [0.25, 0.3) is 5.88 Å². The van der Waals surface area contributed by atoms with Crippen LogP contribution in [0.5, 0.6) is 11.6 Å². The van der Waals surface area contributed by atoms with Crippen LogP contribution >= 0.6 is 0 Å². The van der Waals surface area contributed by atoms with Gasteiger partial charge in [0, 0.05) is 5.56 Å². The molecule has 0 unspecified atom stereocenters. The third-order valence-electron chi connectivity index (χ3n) is 2.33. The first kappa shape index (κ1) is 12.1. The van der Waals surface area contributed by atoms with Gasteiger partial charge in [0.2, 0.25) is 5.75 Å². The number of aromatic nitrogens is 2. The molecule has 18 heavy (non-hydrogen) atoms. The van der Waals surface area contributed by atoms with Crippen LogP contribution in [-0.4, -0.2) is 17.1 Å². The van der Waals surface area contributed by atoms with Crippen molar-refractivity contribution in [1.82, 2.24) is 9.97 Å². The number of hydrogen-bond acceptors (Lipinski definition) is 5. The lowest BCUT2D eigenvalue weighted by molar-refractivity contribution is 0.267. The number of hydrogen-bond donors (Lipinski definition) is 1. The largest absolute Gasteiger partial charge is 0.489 e. The predicted molar refractivity (Wildman–Crippen MR) is 63.7 cm³/mol. The molecule has 1 aromatic carbocycles. The van der Waals surface area contributed by atoms with Crippen LogP contribution in [0.2, 0.25) is 0 Å². The van der Waals surface area contributed by atoms with Crippen molar-refractivity contribution in [3.8, 4) is 11.6 Å². The number of ether oxygens (including phenoxy) is 2. The van der Waals surface area contributed by atoms with Gasteiger partial charge < -0.3 is 15.2 Å². The van der Waals surface area contributed by atoms with Gasteiger partial charge in [0.15, 0.2) is 5.82 Å². The quantitative estimate of drug-likeness (QED) is 0.894. The van der Waals surface area contributed by atoms with E-state index in [0.717, 1.165) is 0 Å². The highest BCUT2D eigenvalue weighted by atomic mass is 19.1. The van der Waals surface area contributed by atoms with Gasteiger partial charge in [0.05, 0.1) is 7.11 Å². The Morgan fingerprint density at radius 2 is 2.06 bits per heavy atom. The van der Waals surface area contributed by atoms with Crippen LogP contribution in [-0.2, 0) is 6.61 Å². The Morgan fingerprint density at radius 1 is 1.28 bits per heavy atom. The molecule has 2 aromatic rings. The van der Waals surface area contributed by atoms with Gasteiger partial charge in [-0.1, -0.05) is 18.2 Å². The maximum Gasteiger partial charge on any atom is 0.262 e. The standard InChI is InChI=1S/C12H12FN3O2/c1-17-10-11(14)15-7-16-12(10)18-6-8-4-2-3-5-9(8)13/h2-5,7H,6H2,1H3,(H2,14,15,16). The smallest absolute Gasteiger partial charge is 0.262 e. The molecule has 94 valence electrons. The summed E-state index contributed by atoms with van der Waals surface area (Å²) < 4.78 is 23.8. The lowest BCUT2D eigenvalue weighted by atomic mass is 10.2. The van der Waals surface area contributed by atoms with E-state index in [2.05, 4.69) is 9.97 Å². The molecular formula is C12H12FN3O2. The van der Waals surface area contributed by atoms with Gasteiger partial charge >= 0.3 is 0 Å². The van der Waals surface area contributed by atoms with E-state index >= 15 is 0 Å². The van der Waals surface area contributed by atoms with Gasteiger partial charge in [-0.15, -0.1) is 0 Å². The van der Waals surface area contributed by atoms with E-state index in [1.807, 2.05) is 0 Å². The SMILES string of the molecule is COc1c(N)ncnc1OCc1ccccc1F. The number of nitrogens with zero attached hydrogens (tertiary/aromatic N) is 2. The van der Waals surface area contributed by atoms with Crippen molar-refractivity contribution in [1.29, 1.82) is 0 Å². The summed E-state index contributed by atoms with van der Waals surface area (Å²) in [6.07, 6.45) is 1.26. The van der Waals surface area contributed by atoms with Crippen molar-refractivity contribution < 1.29 is 13.9 Å². The minimum atomic E-state index is -0.335. The summed E-state index contributed by atoms with van der Waals surface area (Å²) in [5.41, 5.74) is 6.03. The summed E-state index contributed by atoms with van der Waals surface area (Å²) in [4.78, 5) is 7.67. The summed E-state index contributed by atoms with van der Waals surface area (Å²) in [6, 6.07) is 6.34. The third-order valence-corrected chi connectivity index (χ3v) is 2.33. The minimum absolute atomic E-state index is 0.0412. The molecule has 0 saturated carbocycles. The Labute approximate surface area is 103 Å². The van der Waals surface area contributed by atoms with Crippen LogP contribution < -0.4 is 15.2 Å². The summed E-state index contributed by atoms with van der Waals surface area (Å²) in [5.74, 6) is 0.275. The van der Waals surface area contributed by atoms with Crippen molar-refractivity contribution in [3.63, 3.8) is 0 Å². The van der Waals surface area contributed by atoms with Crippen LogP contribution in [0.3, 0.4) is 0 Å². The number of anilines is 1. The Morgan fingerprint density at radius 3 is 2.78 bits per heavy atom. The molecule has 0 saturated heterocycles. The molecule has 2 N–H and O–H groups in total. The molecule has 0 spiro atoms. The van der Waals surface area contributed by atoms with Crippen LogP contribution in [0.4, 0.5) is 10.2 Å². The van der Waals surface area contributed by atoms with Crippen LogP contribution in [0.15, 0.2) is 30.6 Å². The van der Waals surface area contributed by atoms with Crippen LogP contribution in [0, 0.1) is 5.82 Å². The topological polar surface area (TPSA) is 70.3 Å². The van der Waals surface area contributed by atoms with Crippen molar-refractivity contribution in [2.24, 2.45) is 0 Å². The second kappa shape index (κ2) is 5.31. The first-order valence-corrected chi connectivity index (χ1v) is 5.23. The Hall–Kier alpha value is -2.37. The van der Waals surface area contributed by atoms with Gasteiger partial charge in [-0.2, -0.15) is 4.98 Å². The fraction of sp³-hybridized carbons (Fsp3) is 0.167. The number of methoxy groups -OCH3 is 1. The molecule has 2 rings (SSSR count). The van der Waals surface area contributed by atoms with E-state index in [-0.39, 0.29) is 29.9 Å². The van der Waals surface area contributed by atoms with E-state index in [4.69, 9.17) is 15.2 Å². The highest BCUT2D eigenvalue weighted by molar-refractivity contribution is 5.51. The Bertz CT molecular complexity index is 549. The molecule has 0 fully saturated rings. The molecule has 0 bridgehead atoms. The Kier molecular flexibility index (Phi) is 3.57.